The van der Waals surface area contributed by atoms with E-state index in [1.165, 1.54) is 0 Å². The summed E-state index contributed by atoms with van der Waals surface area (Å²) in [5.41, 5.74) is 0. The summed E-state index contributed by atoms with van der Waals surface area (Å²) in [6.07, 6.45) is 6.09. The Hall–Kier alpha value is -1.01. The molecule has 14 heavy (non-hydrogen) atoms. The van der Waals surface area contributed by atoms with Crippen LogP contribution in [0.15, 0.2) is 0 Å². The van der Waals surface area contributed by atoms with Crippen molar-refractivity contribution in [3.63, 3.8) is 0 Å². The van der Waals surface area contributed by atoms with Gasteiger partial charge < -0.3 is 10.2 Å². The summed E-state index contributed by atoms with van der Waals surface area (Å²) < 4.78 is 0. The topological polar surface area (TPSA) is 57.5 Å². The van der Waals surface area contributed by atoms with Gasteiger partial charge in [0, 0.05) is 12.8 Å². The predicted molar refractivity (Wildman–Crippen MR) is 54.8 cm³/mol. The van der Waals surface area contributed by atoms with Gasteiger partial charge in [-0.15, -0.1) is 5.92 Å². The zero-order valence-electron chi connectivity index (χ0n) is 8.46. The molecule has 3 nitrogen and oxygen atoms in total. The fraction of sp³-hybridized carbons (Fsp3) is 0.727. The molecular formula is C11H18O3. The molecule has 0 amide bonds. The molecule has 0 radical (unpaired) electrons. The van der Waals surface area contributed by atoms with Gasteiger partial charge in [0.15, 0.2) is 0 Å². The molecule has 0 aromatic carbocycles. The molecule has 0 aromatic heterocycles. The highest BCUT2D eigenvalue weighted by Crippen LogP contribution is 2.06. The van der Waals surface area contributed by atoms with Crippen LogP contribution in [-0.4, -0.2) is 22.8 Å². The van der Waals surface area contributed by atoms with E-state index in [0.717, 1.165) is 38.5 Å². The highest BCUT2D eigenvalue weighted by Gasteiger charge is 1.95. The number of carboxylic acids is 1. The maximum atomic E-state index is 10.2. The lowest BCUT2D eigenvalue weighted by atomic mass is 10.1. The maximum absolute atomic E-state index is 10.2. The molecule has 2 N–H and O–H groups in total. The molecule has 0 spiro atoms. The summed E-state index contributed by atoms with van der Waals surface area (Å²) in [7, 11) is 0. The van der Waals surface area contributed by atoms with Crippen molar-refractivity contribution in [3.05, 3.63) is 0 Å². The molecule has 0 unspecified atom stereocenters. The average molecular weight is 198 g/mol. The Labute approximate surface area is 85.1 Å². The summed E-state index contributed by atoms with van der Waals surface area (Å²) in [6, 6.07) is 0. The minimum Gasteiger partial charge on any atom is -0.481 e. The molecule has 0 saturated heterocycles. The quantitative estimate of drug-likeness (QED) is 0.484. The standard InChI is InChI=1S/C11H18O3/c12-10-8-6-4-2-1-3-5-7-9-11(13)14/h12H,1-5,7,9-10H2,(H,13,14). The van der Waals surface area contributed by atoms with Crippen molar-refractivity contribution in [3.8, 4) is 11.8 Å². The number of rotatable bonds is 7. The number of aliphatic carboxylic acids is 1. The second kappa shape index (κ2) is 10.1. The molecule has 0 aliphatic heterocycles. The van der Waals surface area contributed by atoms with Crippen molar-refractivity contribution in [2.45, 2.75) is 44.9 Å². The number of aliphatic hydroxyl groups excluding tert-OH is 1. The van der Waals surface area contributed by atoms with Gasteiger partial charge >= 0.3 is 5.97 Å². The predicted octanol–water partition coefficient (Wildman–Crippen LogP) is 1.80. The maximum Gasteiger partial charge on any atom is 0.303 e. The van der Waals surface area contributed by atoms with E-state index < -0.39 is 5.97 Å². The number of aliphatic hydroxyl groups is 1. The van der Waals surface area contributed by atoms with Crippen molar-refractivity contribution >= 4 is 5.97 Å². The number of carboxylic acid groups (broad SMARTS) is 1. The van der Waals surface area contributed by atoms with E-state index in [1.54, 1.807) is 0 Å². The first-order valence-electron chi connectivity index (χ1n) is 5.05. The van der Waals surface area contributed by atoms with Crippen LogP contribution in [0.5, 0.6) is 0 Å². The van der Waals surface area contributed by atoms with Gasteiger partial charge in [-0.2, -0.15) is 0 Å². The fourth-order valence-electron chi connectivity index (χ4n) is 1.16. The van der Waals surface area contributed by atoms with Gasteiger partial charge in [0.2, 0.25) is 0 Å². The Morgan fingerprint density at radius 3 is 2.29 bits per heavy atom. The van der Waals surface area contributed by atoms with Gasteiger partial charge in [-0.1, -0.05) is 25.2 Å². The second-order valence-electron chi connectivity index (χ2n) is 3.17. The third kappa shape index (κ3) is 11.0. The van der Waals surface area contributed by atoms with Crippen molar-refractivity contribution in [1.82, 2.24) is 0 Å². The van der Waals surface area contributed by atoms with Crippen LogP contribution in [0.1, 0.15) is 44.9 Å². The molecule has 0 rings (SSSR count). The first-order chi connectivity index (χ1) is 6.77. The molecule has 0 aliphatic rings. The number of hydrogen-bond acceptors (Lipinski definition) is 2. The lowest BCUT2D eigenvalue weighted by molar-refractivity contribution is -0.137. The van der Waals surface area contributed by atoms with Crippen LogP contribution >= 0.6 is 0 Å². The normalized spacial score (nSPS) is 9.21. The number of hydrogen-bond donors (Lipinski definition) is 2. The van der Waals surface area contributed by atoms with Crippen molar-refractivity contribution in [1.29, 1.82) is 0 Å². The molecular weight excluding hydrogens is 180 g/mol. The van der Waals surface area contributed by atoms with Gasteiger partial charge in [-0.25, -0.2) is 0 Å². The van der Waals surface area contributed by atoms with Crippen LogP contribution in [0.4, 0.5) is 0 Å². The Morgan fingerprint density at radius 1 is 1.00 bits per heavy atom. The molecule has 80 valence electrons. The minimum atomic E-state index is -0.709. The van der Waals surface area contributed by atoms with Crippen molar-refractivity contribution in [2.75, 3.05) is 6.61 Å². The van der Waals surface area contributed by atoms with E-state index in [4.69, 9.17) is 10.2 Å². The van der Waals surface area contributed by atoms with Crippen LogP contribution < -0.4 is 0 Å². The molecule has 0 bridgehead atoms. The third-order valence-electron chi connectivity index (χ3n) is 1.90. The molecule has 3 heteroatoms. The van der Waals surface area contributed by atoms with Crippen molar-refractivity contribution in [2.24, 2.45) is 0 Å². The van der Waals surface area contributed by atoms with E-state index in [2.05, 4.69) is 11.8 Å². The van der Waals surface area contributed by atoms with Crippen LogP contribution in [0, 0.1) is 11.8 Å². The fourth-order valence-corrected chi connectivity index (χ4v) is 1.16. The van der Waals surface area contributed by atoms with Gasteiger partial charge in [0.05, 0.1) is 0 Å². The Morgan fingerprint density at radius 2 is 1.64 bits per heavy atom. The number of unbranched alkanes of at least 4 members (excludes halogenated alkanes) is 5. The summed E-state index contributed by atoms with van der Waals surface area (Å²) in [5.74, 6) is 4.73. The van der Waals surface area contributed by atoms with Gasteiger partial charge in [0.25, 0.3) is 0 Å². The second-order valence-corrected chi connectivity index (χ2v) is 3.17. The SMILES string of the molecule is O=C(O)CCCCCCCC#CCO. The Kier molecular flexibility index (Phi) is 9.35. The molecule has 0 fully saturated rings. The molecule has 0 atom stereocenters. The molecule has 0 aromatic rings. The van der Waals surface area contributed by atoms with Crippen LogP contribution in [0.2, 0.25) is 0 Å². The van der Waals surface area contributed by atoms with E-state index in [1.807, 2.05) is 0 Å². The van der Waals surface area contributed by atoms with Gasteiger partial charge in [0.1, 0.15) is 6.61 Å². The zero-order chi connectivity index (χ0) is 10.6. The molecule has 0 heterocycles. The lowest BCUT2D eigenvalue weighted by Crippen LogP contribution is -1.93. The van der Waals surface area contributed by atoms with Crippen LogP contribution in [0.3, 0.4) is 0 Å². The van der Waals surface area contributed by atoms with Crippen LogP contribution in [-0.2, 0) is 4.79 Å². The summed E-state index contributed by atoms with van der Waals surface area (Å²) >= 11 is 0. The third-order valence-corrected chi connectivity index (χ3v) is 1.90. The van der Waals surface area contributed by atoms with E-state index in [9.17, 15) is 4.79 Å². The van der Waals surface area contributed by atoms with Gasteiger partial charge in [-0.3, -0.25) is 4.79 Å². The van der Waals surface area contributed by atoms with E-state index >= 15 is 0 Å². The van der Waals surface area contributed by atoms with Gasteiger partial charge in [-0.05, 0) is 12.8 Å². The first-order valence-corrected chi connectivity index (χ1v) is 5.05. The number of carbonyl (C=O) groups is 1. The van der Waals surface area contributed by atoms with E-state index in [-0.39, 0.29) is 13.0 Å². The van der Waals surface area contributed by atoms with Crippen molar-refractivity contribution < 1.29 is 15.0 Å². The van der Waals surface area contributed by atoms with Crippen LogP contribution in [0.25, 0.3) is 0 Å². The Bertz CT molecular complexity index is 200. The minimum absolute atomic E-state index is 0.0569. The zero-order valence-corrected chi connectivity index (χ0v) is 8.46. The smallest absolute Gasteiger partial charge is 0.303 e. The molecule has 0 aliphatic carbocycles. The highest BCUT2D eigenvalue weighted by molar-refractivity contribution is 5.66. The largest absolute Gasteiger partial charge is 0.481 e. The summed E-state index contributed by atoms with van der Waals surface area (Å²) in [6.45, 7) is -0.0569. The summed E-state index contributed by atoms with van der Waals surface area (Å²) in [5, 5.41) is 16.7. The summed E-state index contributed by atoms with van der Waals surface area (Å²) in [4.78, 5) is 10.2. The first kappa shape index (κ1) is 13.0. The highest BCUT2D eigenvalue weighted by atomic mass is 16.4. The monoisotopic (exact) mass is 198 g/mol. The molecule has 0 saturated carbocycles. The lowest BCUT2D eigenvalue weighted by Gasteiger charge is -1.97. The Balaban J connectivity index is 3.03. The van der Waals surface area contributed by atoms with E-state index in [0.29, 0.717) is 0 Å². The average Bonchev–Trinajstić information content (AvgIpc) is 2.15.